The molecule has 1 fully saturated rings. The van der Waals surface area contributed by atoms with Gasteiger partial charge in [0.25, 0.3) is 5.91 Å². The highest BCUT2D eigenvalue weighted by molar-refractivity contribution is 6.00. The van der Waals surface area contributed by atoms with E-state index in [0.29, 0.717) is 43.2 Å². The number of likely N-dealkylation sites (tertiary alicyclic amines) is 1. The van der Waals surface area contributed by atoms with E-state index in [2.05, 4.69) is 10.5 Å². The van der Waals surface area contributed by atoms with E-state index in [9.17, 15) is 14.0 Å². The van der Waals surface area contributed by atoms with Gasteiger partial charge in [0.15, 0.2) is 5.58 Å². The van der Waals surface area contributed by atoms with Crippen LogP contribution in [0, 0.1) is 11.7 Å². The summed E-state index contributed by atoms with van der Waals surface area (Å²) < 4.78 is 18.9. The molecule has 0 aliphatic carbocycles. The van der Waals surface area contributed by atoms with Crippen molar-refractivity contribution in [3.63, 3.8) is 0 Å². The third-order valence-corrected chi connectivity index (χ3v) is 6.58. The number of carbonyl (C=O) groups excluding carboxylic acids is 1. The number of nitrogens with zero attached hydrogens (tertiary/aromatic N) is 3. The Morgan fingerprint density at radius 1 is 1.17 bits per heavy atom. The van der Waals surface area contributed by atoms with Gasteiger partial charge in [0.1, 0.15) is 5.82 Å². The van der Waals surface area contributed by atoms with E-state index in [0.717, 1.165) is 47.9 Å². The minimum Gasteiger partial charge on any atom is -0.465 e. The predicted octanol–water partition coefficient (Wildman–Crippen LogP) is 4.28. The predicted molar refractivity (Wildman–Crippen MR) is 130 cm³/mol. The fraction of sp³-hybridized carbons (Fsp3) is 0.423. The second kappa shape index (κ2) is 10.9. The molecule has 2 N–H and O–H groups in total. The lowest BCUT2D eigenvalue weighted by atomic mass is 9.91. The molecule has 0 unspecified atom stereocenters. The van der Waals surface area contributed by atoms with Gasteiger partial charge in [0.2, 0.25) is 0 Å². The molecule has 0 atom stereocenters. The minimum absolute atomic E-state index is 0.226. The largest absolute Gasteiger partial charge is 0.465 e. The Labute approximate surface area is 203 Å². The molecule has 2 aromatic carbocycles. The first-order chi connectivity index (χ1) is 16.8. The van der Waals surface area contributed by atoms with E-state index in [1.165, 1.54) is 17.0 Å². The number of benzene rings is 2. The summed E-state index contributed by atoms with van der Waals surface area (Å²) in [6.07, 6.45) is 2.51. The lowest BCUT2D eigenvalue weighted by molar-refractivity contribution is 0.0949. The third-order valence-electron chi connectivity index (χ3n) is 6.58. The van der Waals surface area contributed by atoms with Crippen LogP contribution in [0.3, 0.4) is 0 Å². The van der Waals surface area contributed by atoms with Crippen molar-refractivity contribution in [2.24, 2.45) is 5.92 Å². The molecule has 2 amide bonds. The molecule has 1 aromatic heterocycles. The highest BCUT2D eigenvalue weighted by Crippen LogP contribution is 2.29. The van der Waals surface area contributed by atoms with Crippen LogP contribution in [0.1, 0.15) is 46.4 Å². The first-order valence-electron chi connectivity index (χ1n) is 11.9. The number of fused-ring (bicyclic) bond motifs is 1. The summed E-state index contributed by atoms with van der Waals surface area (Å²) in [7, 11) is 3.86. The van der Waals surface area contributed by atoms with Crippen LogP contribution in [0.15, 0.2) is 40.9 Å². The smallest absolute Gasteiger partial charge is 0.407 e. The molecule has 0 saturated carbocycles. The van der Waals surface area contributed by atoms with E-state index in [1.54, 1.807) is 12.1 Å². The molecule has 0 radical (unpaired) electrons. The molecule has 3 aromatic rings. The van der Waals surface area contributed by atoms with Crippen molar-refractivity contribution >= 4 is 23.0 Å². The molecule has 1 aliphatic rings. The molecule has 0 spiro atoms. The molecule has 1 aliphatic heterocycles. The second-order valence-corrected chi connectivity index (χ2v) is 9.40. The summed E-state index contributed by atoms with van der Waals surface area (Å²) >= 11 is 0. The standard InChI is InChI=1S/C26H31FN4O4/c1-30(2)16-22-20(25(32)28-15-18-3-6-19(27)7-4-18)8-9-21-23(29-35-24(21)22)10-5-17-11-13-31(14-12-17)26(33)34/h3-4,6-9,17H,5,10-16H2,1-2H3,(H,28,32)(H,33,34). The van der Waals surface area contributed by atoms with Crippen LogP contribution in [0.4, 0.5) is 9.18 Å². The van der Waals surface area contributed by atoms with Crippen LogP contribution in [-0.2, 0) is 19.5 Å². The number of amides is 2. The van der Waals surface area contributed by atoms with Gasteiger partial charge < -0.3 is 24.7 Å². The van der Waals surface area contributed by atoms with Gasteiger partial charge >= 0.3 is 6.09 Å². The van der Waals surface area contributed by atoms with Crippen LogP contribution in [0.25, 0.3) is 11.0 Å². The zero-order valence-electron chi connectivity index (χ0n) is 20.1. The van der Waals surface area contributed by atoms with Crippen molar-refractivity contribution in [2.75, 3.05) is 27.2 Å². The number of piperidine rings is 1. The van der Waals surface area contributed by atoms with Crippen molar-refractivity contribution in [3.05, 3.63) is 64.6 Å². The van der Waals surface area contributed by atoms with Gasteiger partial charge in [-0.2, -0.15) is 0 Å². The molecule has 1 saturated heterocycles. The number of nitrogens with one attached hydrogen (secondary N) is 1. The number of halogens is 1. The number of aromatic nitrogens is 1. The maximum absolute atomic E-state index is 13.1. The number of aryl methyl sites for hydroxylation is 1. The Hall–Kier alpha value is -3.46. The molecule has 4 rings (SSSR count). The van der Waals surface area contributed by atoms with E-state index in [1.807, 2.05) is 31.1 Å². The number of hydrogen-bond acceptors (Lipinski definition) is 5. The zero-order chi connectivity index (χ0) is 24.9. The fourth-order valence-electron chi connectivity index (χ4n) is 4.61. The summed E-state index contributed by atoms with van der Waals surface area (Å²) in [5.41, 5.74) is 3.59. The normalized spacial score (nSPS) is 14.6. The summed E-state index contributed by atoms with van der Waals surface area (Å²) in [6.45, 7) is 1.95. The molecule has 8 nitrogen and oxygen atoms in total. The summed E-state index contributed by atoms with van der Waals surface area (Å²) in [4.78, 5) is 27.6. The molecule has 35 heavy (non-hydrogen) atoms. The van der Waals surface area contributed by atoms with Gasteiger partial charge in [-0.25, -0.2) is 9.18 Å². The fourth-order valence-corrected chi connectivity index (χ4v) is 4.61. The maximum Gasteiger partial charge on any atom is 0.407 e. The molecular weight excluding hydrogens is 451 g/mol. The third kappa shape index (κ3) is 5.97. The first kappa shape index (κ1) is 24.7. The van der Waals surface area contributed by atoms with E-state index in [4.69, 9.17) is 9.63 Å². The lowest BCUT2D eigenvalue weighted by Gasteiger charge is -2.29. The number of carbonyl (C=O) groups is 2. The van der Waals surface area contributed by atoms with Crippen molar-refractivity contribution < 1.29 is 23.6 Å². The average Bonchev–Trinajstić information content (AvgIpc) is 3.26. The lowest BCUT2D eigenvalue weighted by Crippen LogP contribution is -2.37. The number of carboxylic acid groups (broad SMARTS) is 1. The van der Waals surface area contributed by atoms with Gasteiger partial charge in [-0.3, -0.25) is 4.79 Å². The van der Waals surface area contributed by atoms with Crippen LogP contribution in [0.5, 0.6) is 0 Å². The zero-order valence-corrected chi connectivity index (χ0v) is 20.1. The minimum atomic E-state index is -0.850. The van der Waals surface area contributed by atoms with E-state index >= 15 is 0 Å². The Morgan fingerprint density at radius 3 is 2.54 bits per heavy atom. The van der Waals surface area contributed by atoms with E-state index in [-0.39, 0.29) is 11.7 Å². The highest BCUT2D eigenvalue weighted by Gasteiger charge is 2.24. The van der Waals surface area contributed by atoms with Crippen LogP contribution in [0.2, 0.25) is 0 Å². The Kier molecular flexibility index (Phi) is 7.65. The van der Waals surface area contributed by atoms with Gasteiger partial charge in [0.05, 0.1) is 5.69 Å². The van der Waals surface area contributed by atoms with Crippen molar-refractivity contribution in [2.45, 2.75) is 38.8 Å². The van der Waals surface area contributed by atoms with Crippen LogP contribution in [-0.4, -0.2) is 59.2 Å². The molecule has 2 heterocycles. The number of rotatable bonds is 8. The Morgan fingerprint density at radius 2 is 1.89 bits per heavy atom. The molecule has 9 heteroatoms. The SMILES string of the molecule is CN(C)Cc1c(C(=O)NCc2ccc(F)cc2)ccc2c(CCC3CCN(C(=O)O)CC3)noc12. The van der Waals surface area contributed by atoms with Crippen LogP contribution >= 0.6 is 0 Å². The first-order valence-corrected chi connectivity index (χ1v) is 11.9. The van der Waals surface area contributed by atoms with Crippen molar-refractivity contribution in [3.8, 4) is 0 Å². The average molecular weight is 483 g/mol. The number of hydrogen-bond donors (Lipinski definition) is 2. The van der Waals surface area contributed by atoms with Crippen molar-refractivity contribution in [1.82, 2.24) is 20.3 Å². The Balaban J connectivity index is 1.48. The van der Waals surface area contributed by atoms with Gasteiger partial charge in [-0.05, 0) is 75.5 Å². The maximum atomic E-state index is 13.1. The van der Waals surface area contributed by atoms with Gasteiger partial charge in [-0.1, -0.05) is 17.3 Å². The molecule has 186 valence electrons. The van der Waals surface area contributed by atoms with E-state index < -0.39 is 6.09 Å². The summed E-state index contributed by atoms with van der Waals surface area (Å²) in [5, 5.41) is 17.3. The van der Waals surface area contributed by atoms with Crippen molar-refractivity contribution in [1.29, 1.82) is 0 Å². The molecular formula is C26H31FN4O4. The molecule has 0 bridgehead atoms. The quantitative estimate of drug-likeness (QED) is 0.497. The topological polar surface area (TPSA) is 98.9 Å². The second-order valence-electron chi connectivity index (χ2n) is 9.40. The van der Waals surface area contributed by atoms with Gasteiger partial charge in [0, 0.05) is 42.7 Å². The van der Waals surface area contributed by atoms with Crippen LogP contribution < -0.4 is 5.32 Å². The summed E-state index contributed by atoms with van der Waals surface area (Å²) in [5.74, 6) is -0.0861. The Bertz CT molecular complexity index is 1180. The summed E-state index contributed by atoms with van der Waals surface area (Å²) in [6, 6.07) is 9.74. The monoisotopic (exact) mass is 482 g/mol. The highest BCUT2D eigenvalue weighted by atomic mass is 19.1. The van der Waals surface area contributed by atoms with Gasteiger partial charge in [-0.15, -0.1) is 0 Å².